The molecule has 0 heterocycles. The van der Waals surface area contributed by atoms with Crippen LogP contribution in [0.2, 0.25) is 0 Å². The van der Waals surface area contributed by atoms with Crippen molar-refractivity contribution in [3.05, 3.63) is 29.8 Å². The van der Waals surface area contributed by atoms with Crippen LogP contribution in [0.4, 0.5) is 19.3 Å². The number of hydrogen-bond donors (Lipinski definition) is 3. The molecule has 0 atom stereocenters. The summed E-state index contributed by atoms with van der Waals surface area (Å²) in [6, 6.07) is 2.30. The number of anilines is 1. The minimum Gasteiger partial charge on any atom is -0.481 e. The van der Waals surface area contributed by atoms with Crippen molar-refractivity contribution in [3.63, 3.8) is 0 Å². The third kappa shape index (κ3) is 2.98. The standard InChI is InChI=1S/C12H12F2N2O3/c13-8-2-1-7(5-9(8)14)16-11(19)15-6-12(3-4-12)10(17)18/h1-2,5H,3-4,6H2,(H,17,18)(H2,15,16,19). The molecule has 0 aliphatic heterocycles. The Labute approximate surface area is 107 Å². The van der Waals surface area contributed by atoms with E-state index >= 15 is 0 Å². The summed E-state index contributed by atoms with van der Waals surface area (Å²) in [6.45, 7) is 0.0117. The van der Waals surface area contributed by atoms with E-state index in [9.17, 15) is 18.4 Å². The predicted octanol–water partition coefficient (Wildman–Crippen LogP) is 1.95. The van der Waals surface area contributed by atoms with E-state index in [0.717, 1.165) is 12.1 Å². The molecule has 1 aromatic rings. The smallest absolute Gasteiger partial charge is 0.319 e. The van der Waals surface area contributed by atoms with Crippen LogP contribution < -0.4 is 10.6 Å². The van der Waals surface area contributed by atoms with Crippen LogP contribution in [-0.2, 0) is 4.79 Å². The second-order valence-electron chi connectivity index (χ2n) is 4.52. The van der Waals surface area contributed by atoms with Gasteiger partial charge in [-0.25, -0.2) is 13.6 Å². The number of halogens is 2. The summed E-state index contributed by atoms with van der Waals surface area (Å²) >= 11 is 0. The van der Waals surface area contributed by atoms with Gasteiger partial charge in [-0.2, -0.15) is 0 Å². The van der Waals surface area contributed by atoms with Gasteiger partial charge >= 0.3 is 12.0 Å². The minimum absolute atomic E-state index is 0.0117. The van der Waals surface area contributed by atoms with Gasteiger partial charge in [0.15, 0.2) is 11.6 Å². The van der Waals surface area contributed by atoms with Crippen molar-refractivity contribution < 1.29 is 23.5 Å². The van der Waals surface area contributed by atoms with Crippen LogP contribution in [0.5, 0.6) is 0 Å². The van der Waals surface area contributed by atoms with Gasteiger partial charge in [0.05, 0.1) is 5.41 Å². The number of nitrogens with one attached hydrogen (secondary N) is 2. The Kier molecular flexibility index (Phi) is 3.37. The summed E-state index contributed by atoms with van der Waals surface area (Å²) in [7, 11) is 0. The van der Waals surface area contributed by atoms with E-state index in [4.69, 9.17) is 5.11 Å². The lowest BCUT2D eigenvalue weighted by Crippen LogP contribution is -2.36. The van der Waals surface area contributed by atoms with Crippen LogP contribution in [0.1, 0.15) is 12.8 Å². The molecule has 1 aromatic carbocycles. The Hall–Kier alpha value is -2.18. The Morgan fingerprint density at radius 1 is 1.26 bits per heavy atom. The van der Waals surface area contributed by atoms with E-state index in [0.29, 0.717) is 12.8 Å². The van der Waals surface area contributed by atoms with Gasteiger partial charge < -0.3 is 15.7 Å². The molecule has 7 heteroatoms. The predicted molar refractivity (Wildman–Crippen MR) is 62.7 cm³/mol. The van der Waals surface area contributed by atoms with E-state index in [1.807, 2.05) is 0 Å². The average molecular weight is 270 g/mol. The Bertz CT molecular complexity index is 530. The van der Waals surface area contributed by atoms with E-state index in [2.05, 4.69) is 10.6 Å². The monoisotopic (exact) mass is 270 g/mol. The molecule has 5 nitrogen and oxygen atoms in total. The number of carboxylic acid groups (broad SMARTS) is 1. The molecule has 0 saturated heterocycles. The van der Waals surface area contributed by atoms with Crippen LogP contribution in [0.15, 0.2) is 18.2 Å². The maximum Gasteiger partial charge on any atom is 0.319 e. The first-order chi connectivity index (χ1) is 8.93. The molecule has 0 aromatic heterocycles. The molecule has 1 aliphatic rings. The van der Waals surface area contributed by atoms with Crippen LogP contribution in [0, 0.1) is 17.0 Å². The van der Waals surface area contributed by atoms with Crippen LogP contribution in [0.25, 0.3) is 0 Å². The molecule has 2 amide bonds. The molecule has 0 spiro atoms. The maximum atomic E-state index is 12.9. The van der Waals surface area contributed by atoms with Gasteiger partial charge in [0.25, 0.3) is 0 Å². The maximum absolute atomic E-state index is 12.9. The number of rotatable bonds is 4. The highest BCUT2D eigenvalue weighted by Crippen LogP contribution is 2.45. The van der Waals surface area contributed by atoms with Gasteiger partial charge in [-0.05, 0) is 25.0 Å². The third-order valence-electron chi connectivity index (χ3n) is 3.07. The van der Waals surface area contributed by atoms with Gasteiger partial charge in [0, 0.05) is 18.3 Å². The first-order valence-corrected chi connectivity index (χ1v) is 5.66. The van der Waals surface area contributed by atoms with Crippen molar-refractivity contribution in [2.24, 2.45) is 5.41 Å². The molecule has 19 heavy (non-hydrogen) atoms. The van der Waals surface area contributed by atoms with Crippen LogP contribution in [-0.4, -0.2) is 23.7 Å². The lowest BCUT2D eigenvalue weighted by molar-refractivity contribution is -0.143. The first-order valence-electron chi connectivity index (χ1n) is 5.66. The summed E-state index contributed by atoms with van der Waals surface area (Å²) < 4.78 is 25.6. The van der Waals surface area contributed by atoms with Crippen LogP contribution >= 0.6 is 0 Å². The fourth-order valence-electron chi connectivity index (χ4n) is 1.62. The number of aliphatic carboxylic acids is 1. The SMILES string of the molecule is O=C(NCC1(C(=O)O)CC1)Nc1ccc(F)c(F)c1. The number of carbonyl (C=O) groups excluding carboxylic acids is 1. The third-order valence-corrected chi connectivity index (χ3v) is 3.07. The van der Waals surface area contributed by atoms with E-state index in [1.165, 1.54) is 6.07 Å². The minimum atomic E-state index is -1.07. The van der Waals surface area contributed by atoms with Crippen molar-refractivity contribution in [1.82, 2.24) is 5.32 Å². The Balaban J connectivity index is 1.88. The van der Waals surface area contributed by atoms with Crippen molar-refractivity contribution in [2.75, 3.05) is 11.9 Å². The fraction of sp³-hybridized carbons (Fsp3) is 0.333. The second-order valence-corrected chi connectivity index (χ2v) is 4.52. The van der Waals surface area contributed by atoms with Crippen molar-refractivity contribution in [2.45, 2.75) is 12.8 Å². The van der Waals surface area contributed by atoms with Gasteiger partial charge in [-0.15, -0.1) is 0 Å². The Morgan fingerprint density at radius 2 is 1.95 bits per heavy atom. The van der Waals surface area contributed by atoms with E-state index in [-0.39, 0.29) is 12.2 Å². The zero-order chi connectivity index (χ0) is 14.0. The van der Waals surface area contributed by atoms with Gasteiger partial charge in [0.1, 0.15) is 0 Å². The Morgan fingerprint density at radius 3 is 2.47 bits per heavy atom. The summed E-state index contributed by atoms with van der Waals surface area (Å²) in [4.78, 5) is 22.3. The van der Waals surface area contributed by atoms with E-state index < -0.39 is 29.0 Å². The summed E-state index contributed by atoms with van der Waals surface area (Å²) in [5.74, 6) is -3.02. The molecule has 1 aliphatic carbocycles. The topological polar surface area (TPSA) is 78.4 Å². The summed E-state index contributed by atoms with van der Waals surface area (Å²) in [5.41, 5.74) is -0.776. The first kappa shape index (κ1) is 13.3. The van der Waals surface area contributed by atoms with Crippen molar-refractivity contribution >= 4 is 17.7 Å². The number of urea groups is 1. The van der Waals surface area contributed by atoms with Crippen molar-refractivity contribution in [1.29, 1.82) is 0 Å². The molecule has 0 bridgehead atoms. The average Bonchev–Trinajstić information content (AvgIpc) is 3.13. The number of hydrogen-bond acceptors (Lipinski definition) is 2. The molecule has 1 fully saturated rings. The molecular weight excluding hydrogens is 258 g/mol. The molecular formula is C12H12F2N2O3. The van der Waals surface area contributed by atoms with Gasteiger partial charge in [-0.3, -0.25) is 4.79 Å². The molecule has 3 N–H and O–H groups in total. The molecule has 102 valence electrons. The lowest BCUT2D eigenvalue weighted by atomic mass is 10.1. The number of carbonyl (C=O) groups is 2. The molecule has 0 unspecified atom stereocenters. The summed E-state index contributed by atoms with van der Waals surface area (Å²) in [5, 5.41) is 13.6. The lowest BCUT2D eigenvalue weighted by Gasteiger charge is -2.12. The van der Waals surface area contributed by atoms with Gasteiger partial charge in [0.2, 0.25) is 0 Å². The van der Waals surface area contributed by atoms with Crippen LogP contribution in [0.3, 0.4) is 0 Å². The van der Waals surface area contributed by atoms with Crippen molar-refractivity contribution in [3.8, 4) is 0 Å². The second kappa shape index (κ2) is 4.83. The fourth-order valence-corrected chi connectivity index (χ4v) is 1.62. The number of carboxylic acids is 1. The highest BCUT2D eigenvalue weighted by atomic mass is 19.2. The zero-order valence-electron chi connectivity index (χ0n) is 9.87. The quantitative estimate of drug-likeness (QED) is 0.782. The highest BCUT2D eigenvalue weighted by Gasteiger charge is 2.50. The highest BCUT2D eigenvalue weighted by molar-refractivity contribution is 5.90. The zero-order valence-corrected chi connectivity index (χ0v) is 9.87. The molecule has 0 radical (unpaired) electrons. The molecule has 1 saturated carbocycles. The largest absolute Gasteiger partial charge is 0.481 e. The van der Waals surface area contributed by atoms with E-state index in [1.54, 1.807) is 0 Å². The number of benzene rings is 1. The summed E-state index contributed by atoms with van der Waals surface area (Å²) in [6.07, 6.45) is 1.04. The number of amides is 2. The molecule has 2 rings (SSSR count). The normalized spacial score (nSPS) is 15.7. The van der Waals surface area contributed by atoms with Gasteiger partial charge in [-0.1, -0.05) is 0 Å².